The van der Waals surface area contributed by atoms with Crippen LogP contribution in [0.25, 0.3) is 0 Å². The van der Waals surface area contributed by atoms with Crippen LogP contribution in [0.5, 0.6) is 0 Å². The molecule has 1 saturated carbocycles. The molecule has 0 atom stereocenters. The largest absolute Gasteiger partial charge is 0.349 e. The molecule has 1 aromatic carbocycles. The molecule has 1 aliphatic carbocycles. The summed E-state index contributed by atoms with van der Waals surface area (Å²) < 4.78 is 28.1. The number of carbonyl (C=O) groups is 1. The Labute approximate surface area is 109 Å². The van der Waals surface area contributed by atoms with E-state index >= 15 is 0 Å². The number of hydrogen-bond acceptors (Lipinski definition) is 1. The van der Waals surface area contributed by atoms with Crippen molar-refractivity contribution in [2.24, 2.45) is 5.92 Å². The van der Waals surface area contributed by atoms with Gasteiger partial charge >= 0.3 is 0 Å². The van der Waals surface area contributed by atoms with Crippen LogP contribution in [-0.4, -0.2) is 10.4 Å². The van der Waals surface area contributed by atoms with Crippen LogP contribution in [0.4, 0.5) is 8.78 Å². The summed E-state index contributed by atoms with van der Waals surface area (Å²) in [6.07, 6.45) is 5.41. The Hall–Kier alpha value is -1.97. The number of Topliss-reactive ketones (excluding diaryl/α,β-unsaturated/α-hetero) is 1. The lowest BCUT2D eigenvalue weighted by atomic mass is 10.1. The third kappa shape index (κ3) is 2.57. The molecule has 3 rings (SSSR count). The first kappa shape index (κ1) is 12.1. The van der Waals surface area contributed by atoms with Gasteiger partial charge in [-0.05, 0) is 25.0 Å². The molecular weight excluding hydrogens is 248 g/mol. The lowest BCUT2D eigenvalue weighted by Crippen LogP contribution is -2.02. The Kier molecular flexibility index (Phi) is 2.93. The van der Waals surface area contributed by atoms with Crippen molar-refractivity contribution in [2.45, 2.75) is 19.4 Å². The second kappa shape index (κ2) is 4.61. The molecule has 1 fully saturated rings. The average Bonchev–Trinajstić information content (AvgIpc) is 3.12. The lowest BCUT2D eigenvalue weighted by molar-refractivity contribution is 0.0967. The first-order chi connectivity index (χ1) is 9.13. The Balaban J connectivity index is 1.77. The minimum Gasteiger partial charge on any atom is -0.349 e. The van der Waals surface area contributed by atoms with E-state index in [1.54, 1.807) is 23.0 Å². The van der Waals surface area contributed by atoms with Gasteiger partial charge in [0.15, 0.2) is 5.78 Å². The van der Waals surface area contributed by atoms with Crippen molar-refractivity contribution in [3.05, 3.63) is 59.4 Å². The molecule has 19 heavy (non-hydrogen) atoms. The fourth-order valence-corrected chi connectivity index (χ4v) is 2.11. The van der Waals surface area contributed by atoms with Crippen LogP contribution < -0.4 is 0 Å². The number of ketones is 1. The Morgan fingerprint density at radius 2 is 2.05 bits per heavy atom. The zero-order chi connectivity index (χ0) is 13.4. The third-order valence-electron chi connectivity index (χ3n) is 3.35. The molecule has 0 amide bonds. The summed E-state index contributed by atoms with van der Waals surface area (Å²) in [5, 5.41) is 0. The summed E-state index contributed by atoms with van der Waals surface area (Å²) in [6, 6.07) is 5.28. The topological polar surface area (TPSA) is 22.0 Å². The number of nitrogens with zero attached hydrogens (tertiary/aromatic N) is 1. The number of halogens is 2. The standard InChI is InChI=1S/C15H13F2NO/c16-13-4-3-11(14(17)7-13)8-18-6-5-12(9-18)15(19)10-1-2-10/h3-7,9-10H,1-2,8H2. The van der Waals surface area contributed by atoms with Gasteiger partial charge in [-0.15, -0.1) is 0 Å². The molecule has 4 heteroatoms. The SMILES string of the molecule is O=C(c1ccn(Cc2ccc(F)cc2F)c1)C1CC1. The molecule has 0 radical (unpaired) electrons. The number of benzene rings is 1. The van der Waals surface area contributed by atoms with E-state index in [0.29, 0.717) is 17.7 Å². The van der Waals surface area contributed by atoms with E-state index in [1.807, 2.05) is 0 Å². The van der Waals surface area contributed by atoms with E-state index in [-0.39, 0.29) is 11.7 Å². The summed E-state index contributed by atoms with van der Waals surface area (Å²) in [5.74, 6) is -0.807. The van der Waals surface area contributed by atoms with Gasteiger partial charge < -0.3 is 4.57 Å². The van der Waals surface area contributed by atoms with Gasteiger partial charge in [0.25, 0.3) is 0 Å². The molecule has 98 valence electrons. The second-order valence-electron chi connectivity index (χ2n) is 4.95. The average molecular weight is 261 g/mol. The highest BCUT2D eigenvalue weighted by Gasteiger charge is 2.30. The molecule has 0 saturated heterocycles. The lowest BCUT2D eigenvalue weighted by Gasteiger charge is -2.04. The first-order valence-electron chi connectivity index (χ1n) is 6.27. The molecule has 0 aliphatic heterocycles. The van der Waals surface area contributed by atoms with E-state index in [9.17, 15) is 13.6 Å². The van der Waals surface area contributed by atoms with Crippen molar-refractivity contribution >= 4 is 5.78 Å². The van der Waals surface area contributed by atoms with Gasteiger partial charge in [-0.3, -0.25) is 4.79 Å². The molecule has 0 unspecified atom stereocenters. The van der Waals surface area contributed by atoms with Gasteiger partial charge in [0, 0.05) is 42.0 Å². The Morgan fingerprint density at radius 3 is 2.74 bits per heavy atom. The normalized spacial score (nSPS) is 14.6. The van der Waals surface area contributed by atoms with E-state index < -0.39 is 11.6 Å². The van der Waals surface area contributed by atoms with Crippen molar-refractivity contribution in [3.8, 4) is 0 Å². The van der Waals surface area contributed by atoms with E-state index in [2.05, 4.69) is 0 Å². The van der Waals surface area contributed by atoms with Crippen molar-refractivity contribution < 1.29 is 13.6 Å². The van der Waals surface area contributed by atoms with Gasteiger partial charge in [0.1, 0.15) is 11.6 Å². The van der Waals surface area contributed by atoms with Crippen LogP contribution >= 0.6 is 0 Å². The Bertz CT molecular complexity index is 629. The fraction of sp³-hybridized carbons (Fsp3) is 0.267. The van der Waals surface area contributed by atoms with Gasteiger partial charge in [-0.25, -0.2) is 8.78 Å². The van der Waals surface area contributed by atoms with Crippen molar-refractivity contribution in [1.29, 1.82) is 0 Å². The summed E-state index contributed by atoms with van der Waals surface area (Å²) in [5.41, 5.74) is 1.08. The van der Waals surface area contributed by atoms with Gasteiger partial charge in [-0.1, -0.05) is 6.07 Å². The summed E-state index contributed by atoms with van der Waals surface area (Å²) in [7, 11) is 0. The number of rotatable bonds is 4. The molecule has 2 nitrogen and oxygen atoms in total. The zero-order valence-electron chi connectivity index (χ0n) is 10.3. The quantitative estimate of drug-likeness (QED) is 0.773. The highest BCUT2D eigenvalue weighted by atomic mass is 19.1. The van der Waals surface area contributed by atoms with Gasteiger partial charge in [-0.2, -0.15) is 0 Å². The maximum atomic E-state index is 13.5. The minimum absolute atomic E-state index is 0.165. The monoisotopic (exact) mass is 261 g/mol. The first-order valence-corrected chi connectivity index (χ1v) is 6.27. The number of hydrogen-bond donors (Lipinski definition) is 0. The van der Waals surface area contributed by atoms with Crippen LogP contribution in [0.2, 0.25) is 0 Å². The predicted molar refractivity (Wildman–Crippen MR) is 66.9 cm³/mol. The van der Waals surface area contributed by atoms with Gasteiger partial charge in [0.05, 0.1) is 0 Å². The molecule has 0 bridgehead atoms. The third-order valence-corrected chi connectivity index (χ3v) is 3.35. The number of carbonyl (C=O) groups excluding carboxylic acids is 1. The van der Waals surface area contributed by atoms with Crippen LogP contribution in [0, 0.1) is 17.6 Å². The van der Waals surface area contributed by atoms with Crippen LogP contribution in [0.1, 0.15) is 28.8 Å². The second-order valence-corrected chi connectivity index (χ2v) is 4.95. The molecular formula is C15H13F2NO. The summed E-state index contributed by atoms with van der Waals surface area (Å²) >= 11 is 0. The molecule has 1 aliphatic rings. The fourth-order valence-electron chi connectivity index (χ4n) is 2.11. The van der Waals surface area contributed by atoms with Crippen molar-refractivity contribution in [1.82, 2.24) is 4.57 Å². The van der Waals surface area contributed by atoms with Crippen LogP contribution in [-0.2, 0) is 6.54 Å². The Morgan fingerprint density at radius 1 is 1.26 bits per heavy atom. The highest BCUT2D eigenvalue weighted by Crippen LogP contribution is 2.32. The number of aromatic nitrogens is 1. The molecule has 1 aromatic heterocycles. The molecule has 0 N–H and O–H groups in total. The molecule has 2 aromatic rings. The maximum absolute atomic E-state index is 13.5. The highest BCUT2D eigenvalue weighted by molar-refractivity contribution is 5.99. The molecule has 1 heterocycles. The maximum Gasteiger partial charge on any atom is 0.167 e. The minimum atomic E-state index is -0.585. The van der Waals surface area contributed by atoms with Gasteiger partial charge in [0.2, 0.25) is 0 Å². The van der Waals surface area contributed by atoms with Crippen molar-refractivity contribution in [2.75, 3.05) is 0 Å². The van der Waals surface area contributed by atoms with E-state index in [1.165, 1.54) is 12.1 Å². The molecule has 0 spiro atoms. The van der Waals surface area contributed by atoms with Crippen LogP contribution in [0.15, 0.2) is 36.7 Å². The van der Waals surface area contributed by atoms with Crippen LogP contribution in [0.3, 0.4) is 0 Å². The zero-order valence-corrected chi connectivity index (χ0v) is 10.3. The smallest absolute Gasteiger partial charge is 0.167 e. The van der Waals surface area contributed by atoms with E-state index in [0.717, 1.165) is 18.9 Å². The van der Waals surface area contributed by atoms with Crippen molar-refractivity contribution in [3.63, 3.8) is 0 Å². The summed E-state index contributed by atoms with van der Waals surface area (Å²) in [4.78, 5) is 11.8. The summed E-state index contributed by atoms with van der Waals surface area (Å²) in [6.45, 7) is 0.296. The van der Waals surface area contributed by atoms with E-state index in [4.69, 9.17) is 0 Å². The predicted octanol–water partition coefficient (Wildman–Crippen LogP) is 3.41.